The van der Waals surface area contributed by atoms with Crippen molar-refractivity contribution in [2.45, 2.75) is 31.6 Å². The van der Waals surface area contributed by atoms with E-state index in [1.165, 1.54) is 4.68 Å². The third-order valence-electron chi connectivity index (χ3n) is 3.95. The van der Waals surface area contributed by atoms with E-state index in [1.54, 1.807) is 31.3 Å². The van der Waals surface area contributed by atoms with Crippen LogP contribution in [0.15, 0.2) is 41.3 Å². The Morgan fingerprint density at radius 2 is 1.85 bits per heavy atom. The van der Waals surface area contributed by atoms with Crippen LogP contribution in [0, 0.1) is 0 Å². The highest BCUT2D eigenvalue weighted by atomic mass is 32.2. The van der Waals surface area contributed by atoms with Crippen molar-refractivity contribution in [3.8, 4) is 5.75 Å². The van der Waals surface area contributed by atoms with Gasteiger partial charge in [-0.1, -0.05) is 38.1 Å². The van der Waals surface area contributed by atoms with E-state index < -0.39 is 10.0 Å². The fourth-order valence-corrected chi connectivity index (χ4v) is 3.92. The predicted octanol–water partition coefficient (Wildman–Crippen LogP) is 3.29. The second-order valence-corrected chi connectivity index (χ2v) is 7.87. The highest BCUT2D eigenvalue weighted by Gasteiger charge is 2.22. The molecule has 138 valence electrons. The van der Waals surface area contributed by atoms with Gasteiger partial charge in [0.25, 0.3) is 10.0 Å². The quantitative estimate of drug-likeness (QED) is 0.715. The molecule has 0 atom stereocenters. The monoisotopic (exact) mass is 374 g/mol. The molecule has 0 radical (unpaired) electrons. The van der Waals surface area contributed by atoms with Gasteiger partial charge in [0, 0.05) is 23.7 Å². The smallest absolute Gasteiger partial charge is 0.264 e. The summed E-state index contributed by atoms with van der Waals surface area (Å²) in [4.78, 5) is 4.46. The van der Waals surface area contributed by atoms with E-state index in [4.69, 9.17) is 4.74 Å². The second-order valence-electron chi connectivity index (χ2n) is 6.22. The van der Waals surface area contributed by atoms with Crippen LogP contribution in [0.4, 0.5) is 5.95 Å². The molecule has 1 heterocycles. The summed E-state index contributed by atoms with van der Waals surface area (Å²) in [6, 6.07) is 10.5. The number of nitrogens with one attached hydrogen (secondary N) is 1. The molecule has 0 saturated carbocycles. The van der Waals surface area contributed by atoms with E-state index in [0.717, 1.165) is 5.39 Å². The van der Waals surface area contributed by atoms with Crippen LogP contribution >= 0.6 is 0 Å². The van der Waals surface area contributed by atoms with Crippen molar-refractivity contribution in [2.24, 2.45) is 7.05 Å². The van der Waals surface area contributed by atoms with E-state index in [9.17, 15) is 8.42 Å². The van der Waals surface area contributed by atoms with Crippen LogP contribution in [-0.2, 0) is 17.1 Å². The number of hydrogen-bond donors (Lipinski definition) is 1. The summed E-state index contributed by atoms with van der Waals surface area (Å²) in [5.74, 6) is 1.53. The largest absolute Gasteiger partial charge is 0.493 e. The number of hydrogen-bond acceptors (Lipinski definition) is 5. The summed E-state index contributed by atoms with van der Waals surface area (Å²) in [5, 5.41) is 5.59. The molecule has 0 aliphatic carbocycles. The highest BCUT2D eigenvalue weighted by Crippen LogP contribution is 2.31. The SMILES string of the molecule is CCOc1ccc(S(=O)(=O)Nc2nc(C(C)C)nn2C)c2ccccc12. The van der Waals surface area contributed by atoms with E-state index >= 15 is 0 Å². The molecule has 0 amide bonds. The maximum absolute atomic E-state index is 13.0. The lowest BCUT2D eigenvalue weighted by atomic mass is 10.1. The van der Waals surface area contributed by atoms with Crippen molar-refractivity contribution in [2.75, 3.05) is 11.3 Å². The predicted molar refractivity (Wildman–Crippen MR) is 101 cm³/mol. The zero-order valence-electron chi connectivity index (χ0n) is 15.2. The Hall–Kier alpha value is -2.61. The standard InChI is InChI=1S/C18H22N4O3S/c1-5-25-15-10-11-16(14-9-7-6-8-13(14)15)26(23,24)21-18-19-17(12(2)3)20-22(18)4/h6-12H,5H2,1-4H3,(H,19,20,21). The van der Waals surface area contributed by atoms with Crippen LogP contribution in [0.1, 0.15) is 32.5 Å². The summed E-state index contributed by atoms with van der Waals surface area (Å²) < 4.78 is 35.6. The van der Waals surface area contributed by atoms with Crippen molar-refractivity contribution < 1.29 is 13.2 Å². The van der Waals surface area contributed by atoms with Crippen molar-refractivity contribution in [3.05, 3.63) is 42.2 Å². The number of fused-ring (bicyclic) bond motifs is 1. The molecular formula is C18H22N4O3S. The molecule has 26 heavy (non-hydrogen) atoms. The number of rotatable bonds is 6. The van der Waals surface area contributed by atoms with Gasteiger partial charge in [-0.05, 0) is 19.1 Å². The van der Waals surface area contributed by atoms with Gasteiger partial charge < -0.3 is 4.74 Å². The maximum atomic E-state index is 13.0. The fraction of sp³-hybridized carbons (Fsp3) is 0.333. The third-order valence-corrected chi connectivity index (χ3v) is 5.34. The van der Waals surface area contributed by atoms with Crippen molar-refractivity contribution in [1.82, 2.24) is 14.8 Å². The van der Waals surface area contributed by atoms with Crippen LogP contribution in [0.2, 0.25) is 0 Å². The number of ether oxygens (including phenoxy) is 1. The minimum absolute atomic E-state index is 0.103. The van der Waals surface area contributed by atoms with Crippen LogP contribution in [0.5, 0.6) is 5.75 Å². The van der Waals surface area contributed by atoms with Gasteiger partial charge in [0.05, 0.1) is 11.5 Å². The average molecular weight is 374 g/mol. The first-order valence-electron chi connectivity index (χ1n) is 8.41. The molecule has 0 fully saturated rings. The summed E-state index contributed by atoms with van der Waals surface area (Å²) >= 11 is 0. The molecule has 8 heteroatoms. The number of anilines is 1. The third kappa shape index (κ3) is 3.37. The van der Waals surface area contributed by atoms with Crippen molar-refractivity contribution >= 4 is 26.7 Å². The lowest BCUT2D eigenvalue weighted by Gasteiger charge is -2.12. The first-order valence-corrected chi connectivity index (χ1v) is 9.90. The maximum Gasteiger partial charge on any atom is 0.264 e. The van der Waals surface area contributed by atoms with E-state index in [2.05, 4.69) is 14.8 Å². The molecule has 0 aliphatic heterocycles. The molecule has 1 N–H and O–H groups in total. The number of aryl methyl sites for hydroxylation is 1. The first-order chi connectivity index (χ1) is 12.3. The molecule has 1 aromatic heterocycles. The molecule has 0 saturated heterocycles. The summed E-state index contributed by atoms with van der Waals surface area (Å²) in [6.45, 7) is 6.30. The van der Waals surface area contributed by atoms with Crippen LogP contribution in [0.3, 0.4) is 0 Å². The Bertz CT molecular complexity index is 1040. The topological polar surface area (TPSA) is 86.1 Å². The Morgan fingerprint density at radius 1 is 1.15 bits per heavy atom. The highest BCUT2D eigenvalue weighted by molar-refractivity contribution is 7.93. The van der Waals surface area contributed by atoms with Crippen LogP contribution in [0.25, 0.3) is 10.8 Å². The Kier molecular flexibility index (Phi) is 4.86. The van der Waals surface area contributed by atoms with Gasteiger partial charge in [-0.3, -0.25) is 0 Å². The second kappa shape index (κ2) is 6.95. The number of nitrogens with zero attached hydrogens (tertiary/aromatic N) is 3. The molecule has 7 nitrogen and oxygen atoms in total. The number of benzene rings is 2. The minimum Gasteiger partial charge on any atom is -0.493 e. The van der Waals surface area contributed by atoms with Crippen molar-refractivity contribution in [3.63, 3.8) is 0 Å². The molecule has 3 rings (SSSR count). The Labute approximate surface area is 153 Å². The molecule has 3 aromatic rings. The van der Waals surface area contributed by atoms with Crippen LogP contribution in [-0.4, -0.2) is 29.8 Å². The fourth-order valence-electron chi connectivity index (χ4n) is 2.67. The first kappa shape index (κ1) is 18.2. The van der Waals surface area contributed by atoms with Crippen molar-refractivity contribution in [1.29, 1.82) is 0 Å². The molecule has 0 bridgehead atoms. The number of aromatic nitrogens is 3. The zero-order valence-corrected chi connectivity index (χ0v) is 16.0. The van der Waals surface area contributed by atoms with Gasteiger partial charge in [0.15, 0.2) is 5.82 Å². The van der Waals surface area contributed by atoms with Gasteiger partial charge in [-0.15, -0.1) is 0 Å². The van der Waals surface area contributed by atoms with E-state index in [1.807, 2.05) is 32.9 Å². The number of sulfonamides is 1. The molecule has 2 aromatic carbocycles. The molecular weight excluding hydrogens is 352 g/mol. The molecule has 0 aliphatic rings. The van der Waals surface area contributed by atoms with E-state index in [0.29, 0.717) is 23.6 Å². The summed E-state index contributed by atoms with van der Waals surface area (Å²) in [5.41, 5.74) is 0. The van der Waals surface area contributed by atoms with Gasteiger partial charge in [0.1, 0.15) is 5.75 Å². The van der Waals surface area contributed by atoms with Gasteiger partial charge in [0.2, 0.25) is 5.95 Å². The average Bonchev–Trinajstić information content (AvgIpc) is 2.95. The van der Waals surface area contributed by atoms with E-state index in [-0.39, 0.29) is 16.8 Å². The zero-order chi connectivity index (χ0) is 18.9. The lowest BCUT2D eigenvalue weighted by molar-refractivity contribution is 0.344. The van der Waals surface area contributed by atoms with Gasteiger partial charge in [-0.25, -0.2) is 17.8 Å². The Morgan fingerprint density at radius 3 is 2.46 bits per heavy atom. The minimum atomic E-state index is -3.84. The molecule has 0 spiro atoms. The van der Waals surface area contributed by atoms with Gasteiger partial charge in [-0.2, -0.15) is 10.1 Å². The Balaban J connectivity index is 2.06. The van der Waals surface area contributed by atoms with Gasteiger partial charge >= 0.3 is 0 Å². The summed E-state index contributed by atoms with van der Waals surface area (Å²) in [7, 11) is -2.18. The summed E-state index contributed by atoms with van der Waals surface area (Å²) in [6.07, 6.45) is 0. The normalized spacial score (nSPS) is 11.9. The lowest BCUT2D eigenvalue weighted by Crippen LogP contribution is -2.16. The van der Waals surface area contributed by atoms with Crippen LogP contribution < -0.4 is 9.46 Å². The molecule has 0 unspecified atom stereocenters.